The molecule has 1 aliphatic heterocycles. The molecule has 1 aliphatic rings. The van der Waals surface area contributed by atoms with Crippen molar-refractivity contribution in [1.29, 1.82) is 0 Å². The molecule has 0 N–H and O–H groups in total. The average molecular weight is 373 g/mol. The molecule has 0 spiro atoms. The van der Waals surface area contributed by atoms with Crippen molar-refractivity contribution in [3.63, 3.8) is 0 Å². The molecule has 3 rings (SSSR count). The van der Waals surface area contributed by atoms with Gasteiger partial charge in [0, 0.05) is 18.7 Å². The Labute approximate surface area is 157 Å². The first kappa shape index (κ1) is 18.5. The number of hydrogen-bond acceptors (Lipinski definition) is 5. The first-order valence-corrected chi connectivity index (χ1v) is 9.59. The summed E-state index contributed by atoms with van der Waals surface area (Å²) >= 11 is 1.43. The third-order valence-electron chi connectivity index (χ3n) is 4.58. The van der Waals surface area contributed by atoms with Crippen LogP contribution in [-0.4, -0.2) is 37.0 Å². The van der Waals surface area contributed by atoms with E-state index < -0.39 is 0 Å². The number of methoxy groups -OCH3 is 1. The van der Waals surface area contributed by atoms with Gasteiger partial charge in [-0.1, -0.05) is 17.7 Å². The number of aryl methyl sites for hydroxylation is 1. The van der Waals surface area contributed by atoms with Crippen LogP contribution in [0, 0.1) is 12.8 Å². The zero-order chi connectivity index (χ0) is 18.5. The van der Waals surface area contributed by atoms with Crippen LogP contribution in [0.2, 0.25) is 0 Å². The lowest BCUT2D eigenvalue weighted by Gasteiger charge is -2.31. The smallest absolute Gasteiger partial charge is 0.311 e. The minimum atomic E-state index is -0.275. The van der Waals surface area contributed by atoms with Gasteiger partial charge in [0.25, 0.3) is 5.91 Å². The minimum absolute atomic E-state index is 0.00199. The molecule has 1 unspecified atom stereocenters. The topological polar surface area (TPSA) is 55.8 Å². The van der Waals surface area contributed by atoms with Crippen molar-refractivity contribution in [2.75, 3.05) is 20.2 Å². The van der Waals surface area contributed by atoms with Crippen molar-refractivity contribution in [3.05, 3.63) is 51.7 Å². The van der Waals surface area contributed by atoms with Gasteiger partial charge in [-0.25, -0.2) is 0 Å². The Morgan fingerprint density at radius 1 is 1.31 bits per heavy atom. The van der Waals surface area contributed by atoms with Crippen molar-refractivity contribution in [3.8, 4) is 5.75 Å². The van der Waals surface area contributed by atoms with Gasteiger partial charge in [0.2, 0.25) is 0 Å². The van der Waals surface area contributed by atoms with Gasteiger partial charge in [0.15, 0.2) is 0 Å². The second-order valence-corrected chi connectivity index (χ2v) is 7.44. The van der Waals surface area contributed by atoms with Gasteiger partial charge in [-0.3, -0.25) is 9.59 Å². The number of rotatable bonds is 5. The maximum Gasteiger partial charge on any atom is 0.311 e. The van der Waals surface area contributed by atoms with E-state index in [-0.39, 0.29) is 24.4 Å². The molecular formula is C20H23NO4S. The number of amides is 1. The number of nitrogens with zero attached hydrogens (tertiary/aromatic N) is 1. The third kappa shape index (κ3) is 4.25. The summed E-state index contributed by atoms with van der Waals surface area (Å²) in [6.07, 6.45) is 1.56. The molecule has 138 valence electrons. The molecule has 0 aliphatic carbocycles. The fraction of sp³-hybridized carbons (Fsp3) is 0.400. The summed E-state index contributed by atoms with van der Waals surface area (Å²) < 4.78 is 10.9. The number of carbonyl (C=O) groups excluding carboxylic acids is 2. The Morgan fingerprint density at radius 3 is 2.88 bits per heavy atom. The van der Waals surface area contributed by atoms with Crippen LogP contribution in [0.15, 0.2) is 35.7 Å². The van der Waals surface area contributed by atoms with Crippen LogP contribution in [0.5, 0.6) is 5.75 Å². The highest BCUT2D eigenvalue weighted by Crippen LogP contribution is 2.24. The highest BCUT2D eigenvalue weighted by Gasteiger charge is 2.30. The third-order valence-corrected chi connectivity index (χ3v) is 5.44. The largest absolute Gasteiger partial charge is 0.496 e. The lowest BCUT2D eigenvalue weighted by molar-refractivity contribution is -0.151. The molecule has 2 aromatic rings. The molecule has 1 aromatic carbocycles. The zero-order valence-corrected chi connectivity index (χ0v) is 15.9. The summed E-state index contributed by atoms with van der Waals surface area (Å²) in [5.41, 5.74) is 1.94. The van der Waals surface area contributed by atoms with E-state index >= 15 is 0 Å². The van der Waals surface area contributed by atoms with Crippen LogP contribution in [0.4, 0.5) is 0 Å². The highest BCUT2D eigenvalue weighted by atomic mass is 32.1. The van der Waals surface area contributed by atoms with E-state index in [2.05, 4.69) is 0 Å². The van der Waals surface area contributed by atoms with Gasteiger partial charge < -0.3 is 14.4 Å². The monoisotopic (exact) mass is 373 g/mol. The second kappa shape index (κ2) is 8.36. The van der Waals surface area contributed by atoms with Crippen LogP contribution >= 0.6 is 11.3 Å². The van der Waals surface area contributed by atoms with Gasteiger partial charge >= 0.3 is 5.97 Å². The van der Waals surface area contributed by atoms with Crippen LogP contribution in [0.1, 0.15) is 33.6 Å². The zero-order valence-electron chi connectivity index (χ0n) is 15.1. The SMILES string of the molecule is COc1ccc(C)cc1COC(=O)C1CCCN(C(=O)c2cccs2)C1. The van der Waals surface area contributed by atoms with Crippen molar-refractivity contribution in [2.45, 2.75) is 26.4 Å². The normalized spacial score (nSPS) is 17.0. The average Bonchev–Trinajstić information content (AvgIpc) is 3.20. The van der Waals surface area contributed by atoms with Crippen molar-refractivity contribution >= 4 is 23.2 Å². The van der Waals surface area contributed by atoms with Crippen LogP contribution in [0.3, 0.4) is 0 Å². The van der Waals surface area contributed by atoms with Gasteiger partial charge in [0.05, 0.1) is 17.9 Å². The Hall–Kier alpha value is -2.34. The van der Waals surface area contributed by atoms with Gasteiger partial charge in [-0.05, 0) is 43.3 Å². The fourth-order valence-electron chi connectivity index (χ4n) is 3.20. The second-order valence-electron chi connectivity index (χ2n) is 6.49. The molecule has 1 aromatic heterocycles. The molecular weight excluding hydrogens is 350 g/mol. The molecule has 1 amide bonds. The van der Waals surface area contributed by atoms with Crippen molar-refractivity contribution < 1.29 is 19.1 Å². The van der Waals surface area contributed by atoms with Gasteiger partial charge in [-0.15, -0.1) is 11.3 Å². The van der Waals surface area contributed by atoms with Crippen molar-refractivity contribution in [1.82, 2.24) is 4.90 Å². The Morgan fingerprint density at radius 2 is 2.15 bits per heavy atom. The van der Waals surface area contributed by atoms with E-state index in [9.17, 15) is 9.59 Å². The molecule has 0 bridgehead atoms. The van der Waals surface area contributed by atoms with Crippen LogP contribution in [-0.2, 0) is 16.1 Å². The number of ether oxygens (including phenoxy) is 2. The van der Waals surface area contributed by atoms with Crippen LogP contribution < -0.4 is 4.74 Å². The maximum absolute atomic E-state index is 12.5. The predicted octanol–water partition coefficient (Wildman–Crippen LogP) is 3.66. The van der Waals surface area contributed by atoms with E-state index in [0.29, 0.717) is 23.7 Å². The summed E-state index contributed by atoms with van der Waals surface area (Å²) in [6, 6.07) is 9.47. The van der Waals surface area contributed by atoms with Crippen molar-refractivity contribution in [2.24, 2.45) is 5.92 Å². The molecule has 0 saturated carbocycles. The lowest BCUT2D eigenvalue weighted by atomic mass is 9.98. The number of benzene rings is 1. The number of thiophene rings is 1. The summed E-state index contributed by atoms with van der Waals surface area (Å²) in [7, 11) is 1.60. The fourth-order valence-corrected chi connectivity index (χ4v) is 3.89. The molecule has 2 heterocycles. The molecule has 1 fully saturated rings. The number of carbonyl (C=O) groups is 2. The first-order valence-electron chi connectivity index (χ1n) is 8.71. The maximum atomic E-state index is 12.5. The first-order chi connectivity index (χ1) is 12.6. The number of esters is 1. The lowest BCUT2D eigenvalue weighted by Crippen LogP contribution is -2.42. The Kier molecular flexibility index (Phi) is 5.93. The molecule has 6 heteroatoms. The summed E-state index contributed by atoms with van der Waals surface area (Å²) in [6.45, 7) is 3.27. The number of piperidine rings is 1. The Bertz CT molecular complexity index is 772. The molecule has 26 heavy (non-hydrogen) atoms. The minimum Gasteiger partial charge on any atom is -0.496 e. The molecule has 5 nitrogen and oxygen atoms in total. The molecule has 1 saturated heterocycles. The number of hydrogen-bond donors (Lipinski definition) is 0. The molecule has 1 atom stereocenters. The summed E-state index contributed by atoms with van der Waals surface area (Å²) in [5.74, 6) is 0.181. The van der Waals surface area contributed by atoms with E-state index in [1.165, 1.54) is 11.3 Å². The predicted molar refractivity (Wildman–Crippen MR) is 100 cm³/mol. The van der Waals surface area contributed by atoms with E-state index in [1.54, 1.807) is 12.0 Å². The van der Waals surface area contributed by atoms with Crippen LogP contribution in [0.25, 0.3) is 0 Å². The standard InChI is InChI=1S/C20H23NO4S/c1-14-7-8-17(24-2)16(11-14)13-25-20(23)15-5-3-9-21(12-15)19(22)18-6-4-10-26-18/h4,6-8,10-11,15H,3,5,9,12-13H2,1-2H3. The van der Waals surface area contributed by atoms with Gasteiger partial charge in [0.1, 0.15) is 12.4 Å². The number of likely N-dealkylation sites (tertiary alicyclic amines) is 1. The van der Waals surface area contributed by atoms with Gasteiger partial charge in [-0.2, -0.15) is 0 Å². The summed E-state index contributed by atoms with van der Waals surface area (Å²) in [5, 5.41) is 1.89. The highest BCUT2D eigenvalue weighted by molar-refractivity contribution is 7.12. The summed E-state index contributed by atoms with van der Waals surface area (Å²) in [4.78, 5) is 27.5. The van der Waals surface area contributed by atoms with E-state index in [4.69, 9.17) is 9.47 Å². The van der Waals surface area contributed by atoms with E-state index in [0.717, 1.165) is 24.0 Å². The quantitative estimate of drug-likeness (QED) is 0.751. The Balaban J connectivity index is 1.59. The molecule has 0 radical (unpaired) electrons. The van der Waals surface area contributed by atoms with E-state index in [1.807, 2.05) is 42.6 Å².